The third-order valence-electron chi connectivity index (χ3n) is 5.27. The summed E-state index contributed by atoms with van der Waals surface area (Å²) >= 11 is 0. The third-order valence-corrected chi connectivity index (χ3v) is 5.27. The number of pyridine rings is 1. The van der Waals surface area contributed by atoms with Crippen LogP contribution in [0.15, 0.2) is 24.3 Å². The number of aromatic nitrogens is 1. The Morgan fingerprint density at radius 1 is 1.26 bits per heavy atom. The summed E-state index contributed by atoms with van der Waals surface area (Å²) in [7, 11) is 0. The second-order valence-electron chi connectivity index (χ2n) is 8.15. The standard InChI is InChI=1S/C20H31N3/c1-5-15(12-21-20(2,3)4)18-10-7-11-19(22-18)23-13-16-8-6-9-17(16)14-23/h5,7,10-11,16-17,21H,6,8-9,12-14H2,1-4H3/b15-5-. The van der Waals surface area contributed by atoms with Crippen molar-refractivity contribution in [2.45, 2.75) is 52.5 Å². The summed E-state index contributed by atoms with van der Waals surface area (Å²) in [5.74, 6) is 2.97. The molecule has 2 unspecified atom stereocenters. The zero-order valence-corrected chi connectivity index (χ0v) is 15.1. The Bertz CT molecular complexity index is 558. The smallest absolute Gasteiger partial charge is 0.129 e. The van der Waals surface area contributed by atoms with Gasteiger partial charge in [0.15, 0.2) is 0 Å². The molecule has 0 aromatic carbocycles. The van der Waals surface area contributed by atoms with E-state index in [1.54, 1.807) is 0 Å². The van der Waals surface area contributed by atoms with Crippen LogP contribution >= 0.6 is 0 Å². The van der Waals surface area contributed by atoms with Crippen molar-refractivity contribution >= 4 is 11.4 Å². The first-order valence-corrected chi connectivity index (χ1v) is 9.09. The molecule has 3 nitrogen and oxygen atoms in total. The molecular formula is C20H31N3. The number of hydrogen-bond donors (Lipinski definition) is 1. The van der Waals surface area contributed by atoms with Crippen LogP contribution in [0.3, 0.4) is 0 Å². The van der Waals surface area contributed by atoms with Crippen molar-refractivity contribution in [3.63, 3.8) is 0 Å². The number of allylic oxidation sites excluding steroid dienone is 1. The molecule has 126 valence electrons. The van der Waals surface area contributed by atoms with E-state index >= 15 is 0 Å². The molecule has 3 rings (SSSR count). The van der Waals surface area contributed by atoms with Gasteiger partial charge in [-0.15, -0.1) is 0 Å². The summed E-state index contributed by atoms with van der Waals surface area (Å²) in [6.07, 6.45) is 6.44. The van der Waals surface area contributed by atoms with Gasteiger partial charge in [0.2, 0.25) is 0 Å². The van der Waals surface area contributed by atoms with Gasteiger partial charge in [-0.3, -0.25) is 0 Å². The van der Waals surface area contributed by atoms with E-state index in [2.05, 4.69) is 62.2 Å². The predicted octanol–water partition coefficient (Wildman–Crippen LogP) is 4.11. The molecule has 23 heavy (non-hydrogen) atoms. The number of fused-ring (bicyclic) bond motifs is 1. The van der Waals surface area contributed by atoms with E-state index in [-0.39, 0.29) is 5.54 Å². The maximum Gasteiger partial charge on any atom is 0.129 e. The number of nitrogens with zero attached hydrogens (tertiary/aromatic N) is 2. The lowest BCUT2D eigenvalue weighted by Crippen LogP contribution is -2.36. The Balaban J connectivity index is 1.72. The summed E-state index contributed by atoms with van der Waals surface area (Å²) < 4.78 is 0. The second-order valence-corrected chi connectivity index (χ2v) is 8.15. The maximum absolute atomic E-state index is 4.97. The van der Waals surface area contributed by atoms with Crippen molar-refractivity contribution in [2.75, 3.05) is 24.5 Å². The quantitative estimate of drug-likeness (QED) is 0.906. The summed E-state index contributed by atoms with van der Waals surface area (Å²) in [6.45, 7) is 12.0. The van der Waals surface area contributed by atoms with Crippen LogP contribution in [0.1, 0.15) is 52.7 Å². The average molecular weight is 313 g/mol. The SMILES string of the molecule is C/C=C(/CNC(C)(C)C)c1cccc(N2CC3CCCC3C2)n1. The molecule has 1 aliphatic heterocycles. The van der Waals surface area contributed by atoms with Crippen LogP contribution < -0.4 is 10.2 Å². The van der Waals surface area contributed by atoms with Crippen molar-refractivity contribution in [2.24, 2.45) is 11.8 Å². The molecule has 2 aliphatic rings. The first kappa shape index (κ1) is 16.5. The van der Waals surface area contributed by atoms with Gasteiger partial charge in [0.1, 0.15) is 5.82 Å². The Morgan fingerprint density at radius 3 is 2.57 bits per heavy atom. The van der Waals surface area contributed by atoms with Gasteiger partial charge < -0.3 is 10.2 Å². The van der Waals surface area contributed by atoms with Gasteiger partial charge in [-0.05, 0) is 70.1 Å². The molecule has 2 atom stereocenters. The first-order valence-electron chi connectivity index (χ1n) is 9.09. The summed E-state index contributed by atoms with van der Waals surface area (Å²) in [6, 6.07) is 6.47. The molecular weight excluding hydrogens is 282 g/mol. The van der Waals surface area contributed by atoms with E-state index < -0.39 is 0 Å². The Hall–Kier alpha value is -1.35. The van der Waals surface area contributed by atoms with E-state index in [1.165, 1.54) is 37.9 Å². The lowest BCUT2D eigenvalue weighted by atomic mass is 10.0. The molecule has 0 spiro atoms. The van der Waals surface area contributed by atoms with Gasteiger partial charge in [-0.2, -0.15) is 0 Å². The Labute approximate surface area is 141 Å². The van der Waals surface area contributed by atoms with E-state index in [0.29, 0.717) is 0 Å². The highest BCUT2D eigenvalue weighted by atomic mass is 15.2. The molecule has 0 amide bonds. The lowest BCUT2D eigenvalue weighted by molar-refractivity contribution is 0.452. The summed E-state index contributed by atoms with van der Waals surface area (Å²) in [5.41, 5.74) is 2.51. The molecule has 1 saturated heterocycles. The number of nitrogens with one attached hydrogen (secondary N) is 1. The van der Waals surface area contributed by atoms with Crippen LogP contribution in [0.25, 0.3) is 5.57 Å². The molecule has 1 saturated carbocycles. The molecule has 1 aliphatic carbocycles. The second kappa shape index (κ2) is 6.64. The fourth-order valence-corrected chi connectivity index (χ4v) is 3.90. The Kier molecular flexibility index (Phi) is 4.77. The van der Waals surface area contributed by atoms with E-state index in [0.717, 1.165) is 29.9 Å². The largest absolute Gasteiger partial charge is 0.356 e. The highest BCUT2D eigenvalue weighted by Gasteiger charge is 2.36. The maximum atomic E-state index is 4.97. The Morgan fingerprint density at radius 2 is 1.96 bits per heavy atom. The molecule has 2 fully saturated rings. The lowest BCUT2D eigenvalue weighted by Gasteiger charge is -2.23. The fraction of sp³-hybridized carbons (Fsp3) is 0.650. The van der Waals surface area contributed by atoms with Crippen molar-refractivity contribution < 1.29 is 0 Å². The van der Waals surface area contributed by atoms with Crippen LogP contribution in [0.2, 0.25) is 0 Å². The monoisotopic (exact) mass is 313 g/mol. The molecule has 1 N–H and O–H groups in total. The van der Waals surface area contributed by atoms with Crippen LogP contribution in [-0.4, -0.2) is 30.2 Å². The van der Waals surface area contributed by atoms with Crippen molar-refractivity contribution in [1.29, 1.82) is 0 Å². The van der Waals surface area contributed by atoms with Crippen molar-refractivity contribution in [3.05, 3.63) is 30.0 Å². The van der Waals surface area contributed by atoms with Gasteiger partial charge in [-0.25, -0.2) is 4.98 Å². The topological polar surface area (TPSA) is 28.2 Å². The minimum Gasteiger partial charge on any atom is -0.356 e. The average Bonchev–Trinajstić information content (AvgIpc) is 3.08. The van der Waals surface area contributed by atoms with Gasteiger partial charge in [0, 0.05) is 25.2 Å². The van der Waals surface area contributed by atoms with E-state index in [1.807, 2.05) is 0 Å². The number of rotatable bonds is 4. The normalized spacial score (nSPS) is 25.0. The number of hydrogen-bond acceptors (Lipinski definition) is 3. The molecule has 1 aromatic rings. The van der Waals surface area contributed by atoms with Gasteiger partial charge >= 0.3 is 0 Å². The molecule has 3 heteroatoms. The van der Waals surface area contributed by atoms with Crippen LogP contribution in [0.4, 0.5) is 5.82 Å². The van der Waals surface area contributed by atoms with E-state index in [4.69, 9.17) is 4.98 Å². The van der Waals surface area contributed by atoms with Gasteiger partial charge in [0.05, 0.1) is 5.69 Å². The van der Waals surface area contributed by atoms with Gasteiger partial charge in [-0.1, -0.05) is 18.6 Å². The zero-order chi connectivity index (χ0) is 16.4. The minimum absolute atomic E-state index is 0.123. The summed E-state index contributed by atoms with van der Waals surface area (Å²) in [5, 5.41) is 3.57. The highest BCUT2D eigenvalue weighted by molar-refractivity contribution is 5.65. The summed E-state index contributed by atoms with van der Waals surface area (Å²) in [4.78, 5) is 7.47. The minimum atomic E-state index is 0.123. The fourth-order valence-electron chi connectivity index (χ4n) is 3.90. The van der Waals surface area contributed by atoms with Crippen LogP contribution in [0.5, 0.6) is 0 Å². The van der Waals surface area contributed by atoms with Gasteiger partial charge in [0.25, 0.3) is 0 Å². The highest BCUT2D eigenvalue weighted by Crippen LogP contribution is 2.39. The van der Waals surface area contributed by atoms with Crippen molar-refractivity contribution in [1.82, 2.24) is 10.3 Å². The molecule has 0 bridgehead atoms. The number of anilines is 1. The molecule has 0 radical (unpaired) electrons. The van der Waals surface area contributed by atoms with E-state index in [9.17, 15) is 0 Å². The predicted molar refractivity (Wildman–Crippen MR) is 98.7 cm³/mol. The first-order chi connectivity index (χ1) is 11.0. The molecule has 2 heterocycles. The van der Waals surface area contributed by atoms with Crippen molar-refractivity contribution in [3.8, 4) is 0 Å². The van der Waals surface area contributed by atoms with Crippen LogP contribution in [0, 0.1) is 11.8 Å². The zero-order valence-electron chi connectivity index (χ0n) is 15.1. The van der Waals surface area contributed by atoms with Crippen LogP contribution in [-0.2, 0) is 0 Å². The third kappa shape index (κ3) is 3.95. The molecule has 1 aromatic heterocycles.